The second kappa shape index (κ2) is 15.0. The molecule has 0 fully saturated rings. The number of para-hydroxylation sites is 3. The van der Waals surface area contributed by atoms with Gasteiger partial charge in [0, 0.05) is 62.5 Å². The summed E-state index contributed by atoms with van der Waals surface area (Å²) in [5.74, 6) is 0. The molecule has 8 aromatic rings. The van der Waals surface area contributed by atoms with Gasteiger partial charge in [0.25, 0.3) is 6.71 Å². The number of hydrogen-bond donors (Lipinski definition) is 0. The molecule has 1 aliphatic carbocycles. The first-order valence-corrected chi connectivity index (χ1v) is 22.9. The quantitative estimate of drug-likeness (QED) is 0.155. The molecule has 0 radical (unpaired) electrons. The lowest BCUT2D eigenvalue weighted by Crippen LogP contribution is -2.63. The Labute approximate surface area is 374 Å². The minimum atomic E-state index is -0.00781. The lowest BCUT2D eigenvalue weighted by molar-refractivity contribution is 0.590. The standard InChI is InChI=1S/C58H55BN4/c1-57(2,3)40-29-33-45(34-30-40)60(46-35-31-41(32-36-46)58(4,5)6)47-37-38-49-53(39-47)61(42-19-10-7-11-20-42)51-27-18-28-52-54(51)59(49)56-55(62(52)43-21-12-8-13-22-43)48-25-16-17-26-50(48)63(56)44-23-14-9-15-24-44/h7-15,18-24,27-39H,16-17,25-26H2,1-6H3. The predicted molar refractivity (Wildman–Crippen MR) is 269 cm³/mol. The molecule has 310 valence electrons. The van der Waals surface area contributed by atoms with Gasteiger partial charge in [-0.05, 0) is 149 Å². The molecule has 5 heteroatoms. The Balaban J connectivity index is 1.20. The van der Waals surface area contributed by atoms with Crippen LogP contribution in [0, 0.1) is 0 Å². The fourth-order valence-corrected chi connectivity index (χ4v) is 10.6. The van der Waals surface area contributed by atoms with Gasteiger partial charge in [-0.15, -0.1) is 0 Å². The minimum absolute atomic E-state index is 0.00781. The Kier molecular flexibility index (Phi) is 9.31. The summed E-state index contributed by atoms with van der Waals surface area (Å²) in [5, 5.41) is 0. The van der Waals surface area contributed by atoms with Crippen LogP contribution in [0.3, 0.4) is 0 Å². The van der Waals surface area contributed by atoms with Gasteiger partial charge < -0.3 is 19.3 Å². The van der Waals surface area contributed by atoms with Crippen LogP contribution < -0.4 is 31.2 Å². The van der Waals surface area contributed by atoms with E-state index in [1.165, 1.54) is 85.9 Å². The molecule has 0 saturated carbocycles. The SMILES string of the molecule is CC(C)(C)c1ccc(N(c2ccc(C(C)(C)C)cc2)c2ccc3c(c2)N(c2ccccc2)c2cccc4c2B3c2c(c3c(n2-c2ccccc2)CCCC3)N4c2ccccc2)cc1. The predicted octanol–water partition coefficient (Wildman–Crippen LogP) is 13.5. The van der Waals surface area contributed by atoms with Gasteiger partial charge in [0.15, 0.2) is 0 Å². The van der Waals surface area contributed by atoms with Crippen molar-refractivity contribution in [3.05, 3.63) is 198 Å². The van der Waals surface area contributed by atoms with E-state index in [0.717, 1.165) is 35.6 Å². The van der Waals surface area contributed by atoms with E-state index in [9.17, 15) is 0 Å². The maximum atomic E-state index is 2.67. The summed E-state index contributed by atoms with van der Waals surface area (Å²) in [6.07, 6.45) is 4.53. The van der Waals surface area contributed by atoms with Gasteiger partial charge in [-0.25, -0.2) is 0 Å². The summed E-state index contributed by atoms with van der Waals surface area (Å²) in [6.45, 7) is 13.7. The summed E-state index contributed by atoms with van der Waals surface area (Å²) in [6, 6.07) is 65.9. The van der Waals surface area contributed by atoms with E-state index in [2.05, 4.69) is 237 Å². The van der Waals surface area contributed by atoms with E-state index in [-0.39, 0.29) is 17.5 Å². The minimum Gasteiger partial charge on any atom is -0.323 e. The van der Waals surface area contributed by atoms with Gasteiger partial charge in [-0.3, -0.25) is 0 Å². The monoisotopic (exact) mass is 818 g/mol. The maximum Gasteiger partial charge on any atom is 0.273 e. The number of rotatable bonds is 6. The molecule has 4 nitrogen and oxygen atoms in total. The summed E-state index contributed by atoms with van der Waals surface area (Å²) in [5.41, 5.74) is 21.7. The molecule has 7 aromatic carbocycles. The molecule has 0 spiro atoms. The van der Waals surface area contributed by atoms with Crippen LogP contribution in [0.15, 0.2) is 176 Å². The molecule has 1 aromatic heterocycles. The molecule has 0 atom stereocenters. The molecule has 11 rings (SSSR count). The van der Waals surface area contributed by atoms with E-state index in [4.69, 9.17) is 0 Å². The lowest BCUT2D eigenvalue weighted by atomic mass is 9.35. The average molecular weight is 819 g/mol. The highest BCUT2D eigenvalue weighted by molar-refractivity contribution is 7.00. The first-order valence-electron chi connectivity index (χ1n) is 22.9. The molecule has 0 saturated heterocycles. The van der Waals surface area contributed by atoms with Crippen LogP contribution in [0.2, 0.25) is 0 Å². The van der Waals surface area contributed by atoms with Gasteiger partial charge in [0.1, 0.15) is 0 Å². The summed E-state index contributed by atoms with van der Waals surface area (Å²) in [7, 11) is 0. The zero-order chi connectivity index (χ0) is 43.0. The van der Waals surface area contributed by atoms with E-state index in [0.29, 0.717) is 0 Å². The molecular weight excluding hydrogens is 763 g/mol. The van der Waals surface area contributed by atoms with Gasteiger partial charge in [0.2, 0.25) is 0 Å². The van der Waals surface area contributed by atoms with Crippen LogP contribution in [0.1, 0.15) is 76.8 Å². The zero-order valence-electron chi connectivity index (χ0n) is 37.4. The number of aromatic nitrogens is 1. The van der Waals surface area contributed by atoms with Crippen molar-refractivity contribution in [2.45, 2.75) is 78.1 Å². The van der Waals surface area contributed by atoms with Crippen molar-refractivity contribution in [3.8, 4) is 5.69 Å². The third-order valence-corrected chi connectivity index (χ3v) is 13.7. The second-order valence-electron chi connectivity index (χ2n) is 19.7. The Morgan fingerprint density at radius 1 is 0.460 bits per heavy atom. The van der Waals surface area contributed by atoms with E-state index in [1.54, 1.807) is 0 Å². The van der Waals surface area contributed by atoms with Crippen molar-refractivity contribution >= 4 is 74.4 Å². The number of hydrogen-bond acceptors (Lipinski definition) is 3. The van der Waals surface area contributed by atoms with Crippen LogP contribution in [0.5, 0.6) is 0 Å². The number of anilines is 9. The van der Waals surface area contributed by atoms with E-state index >= 15 is 0 Å². The van der Waals surface area contributed by atoms with Crippen molar-refractivity contribution in [2.24, 2.45) is 0 Å². The Morgan fingerprint density at radius 2 is 0.952 bits per heavy atom. The first kappa shape index (κ1) is 39.2. The molecule has 3 aliphatic rings. The topological polar surface area (TPSA) is 14.7 Å². The van der Waals surface area contributed by atoms with Crippen molar-refractivity contribution in [2.75, 3.05) is 14.7 Å². The molecule has 63 heavy (non-hydrogen) atoms. The average Bonchev–Trinajstić information content (AvgIpc) is 3.64. The highest BCUT2D eigenvalue weighted by Gasteiger charge is 2.47. The lowest BCUT2D eigenvalue weighted by Gasteiger charge is -2.44. The molecule has 2 aliphatic heterocycles. The van der Waals surface area contributed by atoms with Crippen LogP contribution >= 0.6 is 0 Å². The van der Waals surface area contributed by atoms with Crippen molar-refractivity contribution in [1.29, 1.82) is 0 Å². The number of nitrogens with zero attached hydrogens (tertiary/aromatic N) is 4. The molecular formula is C58H55BN4. The van der Waals surface area contributed by atoms with E-state index < -0.39 is 0 Å². The van der Waals surface area contributed by atoms with Gasteiger partial charge in [0.05, 0.1) is 5.69 Å². The highest BCUT2D eigenvalue weighted by Crippen LogP contribution is 2.49. The van der Waals surface area contributed by atoms with Gasteiger partial charge >= 0.3 is 0 Å². The van der Waals surface area contributed by atoms with Crippen molar-refractivity contribution in [3.63, 3.8) is 0 Å². The fourth-order valence-electron chi connectivity index (χ4n) is 10.6. The number of benzene rings is 7. The second-order valence-corrected chi connectivity index (χ2v) is 19.7. The van der Waals surface area contributed by atoms with Crippen LogP contribution in [-0.2, 0) is 23.7 Å². The molecule has 0 amide bonds. The van der Waals surface area contributed by atoms with Crippen LogP contribution in [0.25, 0.3) is 5.69 Å². The Morgan fingerprint density at radius 3 is 1.51 bits per heavy atom. The third-order valence-electron chi connectivity index (χ3n) is 13.7. The highest BCUT2D eigenvalue weighted by atomic mass is 15.2. The van der Waals surface area contributed by atoms with Gasteiger partial charge in [-0.2, -0.15) is 0 Å². The van der Waals surface area contributed by atoms with E-state index in [1.807, 2.05) is 0 Å². The van der Waals surface area contributed by atoms with Crippen LogP contribution in [0.4, 0.5) is 51.2 Å². The van der Waals surface area contributed by atoms with Crippen LogP contribution in [-0.4, -0.2) is 11.3 Å². The Hall–Kier alpha value is -6.72. The first-order chi connectivity index (χ1) is 30.6. The summed E-state index contributed by atoms with van der Waals surface area (Å²) >= 11 is 0. The zero-order valence-corrected chi connectivity index (χ0v) is 37.4. The van der Waals surface area contributed by atoms with Gasteiger partial charge in [-0.1, -0.05) is 133 Å². The third kappa shape index (κ3) is 6.51. The summed E-state index contributed by atoms with van der Waals surface area (Å²) < 4.78 is 2.67. The largest absolute Gasteiger partial charge is 0.323 e. The molecule has 3 heterocycles. The van der Waals surface area contributed by atoms with Crippen molar-refractivity contribution < 1.29 is 0 Å². The molecule has 0 bridgehead atoms. The normalized spacial score (nSPS) is 14.2. The maximum absolute atomic E-state index is 2.67. The smallest absolute Gasteiger partial charge is 0.273 e. The fraction of sp³-hybridized carbons (Fsp3) is 0.207. The Bertz CT molecular complexity index is 2900. The number of fused-ring (bicyclic) bond motifs is 6. The molecule has 0 N–H and O–H groups in total. The molecule has 0 unspecified atom stereocenters. The van der Waals surface area contributed by atoms with Crippen molar-refractivity contribution in [1.82, 2.24) is 4.57 Å². The summed E-state index contributed by atoms with van der Waals surface area (Å²) in [4.78, 5) is 7.58.